The zero-order chi connectivity index (χ0) is 7.56. The molecular formula is C6H13N3O. The Kier molecular flexibility index (Phi) is 2.11. The van der Waals surface area contributed by atoms with Crippen LogP contribution in [-0.2, 0) is 4.74 Å². The molecule has 3 N–H and O–H groups in total. The highest BCUT2D eigenvalue weighted by Crippen LogP contribution is 2.03. The van der Waals surface area contributed by atoms with Crippen LogP contribution in [0.1, 0.15) is 6.92 Å². The van der Waals surface area contributed by atoms with Gasteiger partial charge in [-0.15, -0.1) is 0 Å². The van der Waals surface area contributed by atoms with Crippen molar-refractivity contribution in [2.75, 3.05) is 19.8 Å². The lowest BCUT2D eigenvalue weighted by Crippen LogP contribution is -2.49. The Hall–Kier alpha value is -0.770. The van der Waals surface area contributed by atoms with Crippen molar-refractivity contribution >= 4 is 5.96 Å². The summed E-state index contributed by atoms with van der Waals surface area (Å²) in [6, 6.07) is 0.256. The highest BCUT2D eigenvalue weighted by atomic mass is 16.5. The molecule has 0 saturated carbocycles. The van der Waals surface area contributed by atoms with E-state index in [9.17, 15) is 0 Å². The fourth-order valence-corrected chi connectivity index (χ4v) is 1.09. The summed E-state index contributed by atoms with van der Waals surface area (Å²) in [6.45, 7) is 4.11. The first-order valence-electron chi connectivity index (χ1n) is 3.40. The first-order valence-corrected chi connectivity index (χ1v) is 3.40. The zero-order valence-electron chi connectivity index (χ0n) is 6.13. The Balaban J connectivity index is 2.47. The first-order chi connectivity index (χ1) is 4.72. The third-order valence-electron chi connectivity index (χ3n) is 1.68. The number of nitrogens with one attached hydrogen (secondary N) is 1. The third-order valence-corrected chi connectivity index (χ3v) is 1.68. The molecule has 0 unspecified atom stereocenters. The van der Waals surface area contributed by atoms with Crippen molar-refractivity contribution in [1.82, 2.24) is 4.90 Å². The largest absolute Gasteiger partial charge is 0.377 e. The van der Waals surface area contributed by atoms with Crippen molar-refractivity contribution in [1.29, 1.82) is 5.41 Å². The predicted molar refractivity (Wildman–Crippen MR) is 38.9 cm³/mol. The third kappa shape index (κ3) is 1.39. The highest BCUT2D eigenvalue weighted by Gasteiger charge is 2.18. The van der Waals surface area contributed by atoms with Crippen LogP contribution in [0.25, 0.3) is 0 Å². The van der Waals surface area contributed by atoms with Crippen LogP contribution in [0.5, 0.6) is 0 Å². The quantitative estimate of drug-likeness (QED) is 0.358. The van der Waals surface area contributed by atoms with Crippen LogP contribution >= 0.6 is 0 Å². The van der Waals surface area contributed by atoms with Crippen molar-refractivity contribution in [2.24, 2.45) is 5.73 Å². The molecule has 1 aliphatic rings. The van der Waals surface area contributed by atoms with Gasteiger partial charge in [0.15, 0.2) is 5.96 Å². The normalized spacial score (nSPS) is 26.5. The van der Waals surface area contributed by atoms with Crippen LogP contribution in [0, 0.1) is 5.41 Å². The summed E-state index contributed by atoms with van der Waals surface area (Å²) in [5.74, 6) is 0.149. The van der Waals surface area contributed by atoms with E-state index in [0.29, 0.717) is 13.2 Å². The molecule has 1 heterocycles. The molecule has 1 rings (SSSR count). The Morgan fingerprint density at radius 2 is 2.50 bits per heavy atom. The van der Waals surface area contributed by atoms with Crippen LogP contribution < -0.4 is 5.73 Å². The summed E-state index contributed by atoms with van der Waals surface area (Å²) >= 11 is 0. The van der Waals surface area contributed by atoms with Crippen molar-refractivity contribution in [3.63, 3.8) is 0 Å². The summed E-state index contributed by atoms with van der Waals surface area (Å²) < 4.78 is 5.17. The van der Waals surface area contributed by atoms with Gasteiger partial charge in [-0.1, -0.05) is 0 Å². The van der Waals surface area contributed by atoms with Crippen LogP contribution in [0.3, 0.4) is 0 Å². The van der Waals surface area contributed by atoms with E-state index in [1.54, 1.807) is 0 Å². The van der Waals surface area contributed by atoms with Gasteiger partial charge in [-0.25, -0.2) is 0 Å². The van der Waals surface area contributed by atoms with E-state index in [4.69, 9.17) is 15.9 Å². The molecule has 4 heteroatoms. The lowest BCUT2D eigenvalue weighted by atomic mass is 10.3. The van der Waals surface area contributed by atoms with Gasteiger partial charge in [0.25, 0.3) is 0 Å². The molecule has 1 aliphatic heterocycles. The summed E-state index contributed by atoms with van der Waals surface area (Å²) in [5.41, 5.74) is 5.31. The highest BCUT2D eigenvalue weighted by molar-refractivity contribution is 5.75. The van der Waals surface area contributed by atoms with E-state index in [0.717, 1.165) is 6.54 Å². The predicted octanol–water partition coefficient (Wildman–Crippen LogP) is -0.399. The Morgan fingerprint density at radius 1 is 1.80 bits per heavy atom. The molecule has 0 amide bonds. The summed E-state index contributed by atoms with van der Waals surface area (Å²) in [4.78, 5) is 1.84. The van der Waals surface area contributed by atoms with Gasteiger partial charge >= 0.3 is 0 Å². The van der Waals surface area contributed by atoms with Gasteiger partial charge in [-0.05, 0) is 6.92 Å². The maximum Gasteiger partial charge on any atom is 0.188 e. The monoisotopic (exact) mass is 143 g/mol. The molecule has 4 nitrogen and oxygen atoms in total. The molecule has 58 valence electrons. The average molecular weight is 143 g/mol. The molecule has 0 aromatic heterocycles. The molecule has 0 aromatic carbocycles. The minimum absolute atomic E-state index is 0.149. The Morgan fingerprint density at radius 3 is 2.90 bits per heavy atom. The van der Waals surface area contributed by atoms with E-state index in [2.05, 4.69) is 0 Å². The van der Waals surface area contributed by atoms with E-state index in [1.807, 2.05) is 11.8 Å². The van der Waals surface area contributed by atoms with Gasteiger partial charge in [0.05, 0.1) is 19.3 Å². The second-order valence-electron chi connectivity index (χ2n) is 2.50. The van der Waals surface area contributed by atoms with Crippen LogP contribution in [0.2, 0.25) is 0 Å². The molecule has 0 aromatic rings. The van der Waals surface area contributed by atoms with Crippen molar-refractivity contribution in [3.05, 3.63) is 0 Å². The zero-order valence-corrected chi connectivity index (χ0v) is 6.13. The number of ether oxygens (including phenoxy) is 1. The second kappa shape index (κ2) is 2.88. The van der Waals surface area contributed by atoms with Crippen molar-refractivity contribution in [3.8, 4) is 0 Å². The minimum Gasteiger partial charge on any atom is -0.377 e. The SMILES string of the molecule is C[C@@H]1COCCN1C(=N)N. The van der Waals surface area contributed by atoms with Gasteiger partial charge in [0.1, 0.15) is 0 Å². The smallest absolute Gasteiger partial charge is 0.188 e. The minimum atomic E-state index is 0.149. The van der Waals surface area contributed by atoms with Gasteiger partial charge in [-0.3, -0.25) is 5.41 Å². The van der Waals surface area contributed by atoms with E-state index in [1.165, 1.54) is 0 Å². The fourth-order valence-electron chi connectivity index (χ4n) is 1.09. The van der Waals surface area contributed by atoms with E-state index < -0.39 is 0 Å². The molecule has 1 saturated heterocycles. The molecule has 10 heavy (non-hydrogen) atoms. The number of hydrogen-bond donors (Lipinski definition) is 2. The van der Waals surface area contributed by atoms with Gasteiger partial charge in [0.2, 0.25) is 0 Å². The molecule has 0 spiro atoms. The van der Waals surface area contributed by atoms with Gasteiger partial charge in [0, 0.05) is 6.54 Å². The van der Waals surface area contributed by atoms with Gasteiger partial charge < -0.3 is 15.4 Å². The van der Waals surface area contributed by atoms with Crippen molar-refractivity contribution in [2.45, 2.75) is 13.0 Å². The number of hydrogen-bond acceptors (Lipinski definition) is 2. The summed E-state index contributed by atoms with van der Waals surface area (Å²) in [7, 11) is 0. The average Bonchev–Trinajstić information content (AvgIpc) is 1.88. The lowest BCUT2D eigenvalue weighted by molar-refractivity contribution is 0.0323. The summed E-state index contributed by atoms with van der Waals surface area (Å²) in [5, 5.41) is 7.17. The summed E-state index contributed by atoms with van der Waals surface area (Å²) in [6.07, 6.45) is 0. The van der Waals surface area contributed by atoms with Crippen LogP contribution in [0.4, 0.5) is 0 Å². The maximum atomic E-state index is 7.17. The number of nitrogens with zero attached hydrogens (tertiary/aromatic N) is 1. The van der Waals surface area contributed by atoms with Crippen molar-refractivity contribution < 1.29 is 4.74 Å². The first kappa shape index (κ1) is 7.34. The number of rotatable bonds is 0. The second-order valence-corrected chi connectivity index (χ2v) is 2.50. The number of nitrogens with two attached hydrogens (primary N) is 1. The van der Waals surface area contributed by atoms with Gasteiger partial charge in [-0.2, -0.15) is 0 Å². The number of morpholine rings is 1. The molecule has 0 bridgehead atoms. The van der Waals surface area contributed by atoms with Crippen LogP contribution in [0.15, 0.2) is 0 Å². The van der Waals surface area contributed by atoms with Crippen LogP contribution in [-0.4, -0.2) is 36.7 Å². The molecule has 1 fully saturated rings. The molecule has 0 aliphatic carbocycles. The standard InChI is InChI=1S/C6H13N3O/c1-5-4-10-3-2-9(5)6(7)8/h5H,2-4H2,1H3,(H3,7,8)/t5-/m1/s1. The lowest BCUT2D eigenvalue weighted by Gasteiger charge is -2.33. The maximum absolute atomic E-state index is 7.17. The fraction of sp³-hybridized carbons (Fsp3) is 0.833. The van der Waals surface area contributed by atoms with E-state index >= 15 is 0 Å². The topological polar surface area (TPSA) is 62.3 Å². The Bertz CT molecular complexity index is 137. The number of guanidine groups is 1. The molecule has 1 atom stereocenters. The molecule has 0 radical (unpaired) electrons. The molecular weight excluding hydrogens is 130 g/mol. The Labute approximate surface area is 60.5 Å². The van der Waals surface area contributed by atoms with E-state index in [-0.39, 0.29) is 12.0 Å².